The lowest BCUT2D eigenvalue weighted by Crippen LogP contribution is -2.03. The van der Waals surface area contributed by atoms with E-state index in [9.17, 15) is 9.59 Å². The zero-order valence-electron chi connectivity index (χ0n) is 8.16. The van der Waals surface area contributed by atoms with Crippen molar-refractivity contribution in [3.8, 4) is 0 Å². The number of carbonyl (C=O) groups is 2. The second kappa shape index (κ2) is 3.98. The number of aromatic carboxylic acids is 1. The number of H-pyrrole nitrogens is 1. The van der Waals surface area contributed by atoms with Gasteiger partial charge in [0.25, 0.3) is 0 Å². The van der Waals surface area contributed by atoms with E-state index in [1.165, 1.54) is 12.3 Å². The fourth-order valence-corrected chi connectivity index (χ4v) is 1.80. The molecule has 4 nitrogen and oxygen atoms in total. The van der Waals surface area contributed by atoms with Crippen molar-refractivity contribution in [3.63, 3.8) is 0 Å². The maximum atomic E-state index is 11.5. The Hall–Kier alpha value is -1.81. The molecule has 0 unspecified atom stereocenters. The van der Waals surface area contributed by atoms with Crippen molar-refractivity contribution in [2.45, 2.75) is 0 Å². The number of aromatic amines is 1. The second-order valence-electron chi connectivity index (χ2n) is 3.29. The van der Waals surface area contributed by atoms with Crippen LogP contribution < -0.4 is 0 Å². The number of ketones is 1. The average molecular weight is 238 g/mol. The molecule has 0 aliphatic carbocycles. The first-order valence-electron chi connectivity index (χ1n) is 4.57. The largest absolute Gasteiger partial charge is 0.478 e. The molecule has 0 spiro atoms. The zero-order chi connectivity index (χ0) is 11.7. The molecule has 0 aliphatic heterocycles. The summed E-state index contributed by atoms with van der Waals surface area (Å²) in [5, 5.41) is 9.44. The molecule has 0 radical (unpaired) electrons. The standard InChI is InChI=1S/C11H8ClNO3/c12-4-9(14)7-5-13-8-3-1-2-6(10(7)8)11(15)16/h1-3,5,13H,4H2,(H,15,16). The quantitative estimate of drug-likeness (QED) is 0.636. The fourth-order valence-electron chi connectivity index (χ4n) is 1.65. The number of nitrogens with one attached hydrogen (secondary N) is 1. The maximum absolute atomic E-state index is 11.5. The highest BCUT2D eigenvalue weighted by Gasteiger charge is 2.17. The molecule has 1 aromatic carbocycles. The van der Waals surface area contributed by atoms with E-state index in [1.54, 1.807) is 12.1 Å². The van der Waals surface area contributed by atoms with Crippen LogP contribution in [-0.2, 0) is 0 Å². The summed E-state index contributed by atoms with van der Waals surface area (Å²) in [6, 6.07) is 4.80. The van der Waals surface area contributed by atoms with Gasteiger partial charge < -0.3 is 10.1 Å². The van der Waals surface area contributed by atoms with Crippen LogP contribution in [0.15, 0.2) is 24.4 Å². The molecular formula is C11H8ClNO3. The third-order valence-electron chi connectivity index (χ3n) is 2.36. The van der Waals surface area contributed by atoms with Gasteiger partial charge in [0.15, 0.2) is 5.78 Å². The van der Waals surface area contributed by atoms with Gasteiger partial charge in [-0.25, -0.2) is 4.79 Å². The number of hydrogen-bond donors (Lipinski definition) is 2. The van der Waals surface area contributed by atoms with E-state index in [-0.39, 0.29) is 17.2 Å². The molecule has 2 rings (SSSR count). The van der Waals surface area contributed by atoms with Crippen molar-refractivity contribution >= 4 is 34.3 Å². The van der Waals surface area contributed by atoms with Crippen LogP contribution in [-0.4, -0.2) is 27.7 Å². The Kier molecular flexibility index (Phi) is 2.66. The smallest absolute Gasteiger partial charge is 0.336 e. The highest BCUT2D eigenvalue weighted by atomic mass is 35.5. The van der Waals surface area contributed by atoms with Crippen molar-refractivity contribution in [2.24, 2.45) is 0 Å². The van der Waals surface area contributed by atoms with Gasteiger partial charge in [-0.05, 0) is 12.1 Å². The predicted octanol–water partition coefficient (Wildman–Crippen LogP) is 2.29. The molecule has 5 heteroatoms. The van der Waals surface area contributed by atoms with Gasteiger partial charge in [-0.1, -0.05) is 6.07 Å². The summed E-state index contributed by atoms with van der Waals surface area (Å²) in [6.45, 7) is 0. The van der Waals surface area contributed by atoms with E-state index < -0.39 is 5.97 Å². The Labute approximate surface area is 95.8 Å². The zero-order valence-corrected chi connectivity index (χ0v) is 8.91. The third kappa shape index (κ3) is 1.57. The number of alkyl halides is 1. The third-order valence-corrected chi connectivity index (χ3v) is 2.60. The van der Waals surface area contributed by atoms with Crippen LogP contribution in [0.25, 0.3) is 10.9 Å². The SMILES string of the molecule is O=C(O)c1cccc2[nH]cc(C(=O)CCl)c12. The average Bonchev–Trinajstić information content (AvgIpc) is 2.71. The number of rotatable bonds is 3. The first-order chi connectivity index (χ1) is 7.65. The van der Waals surface area contributed by atoms with Crippen LogP contribution in [0, 0.1) is 0 Å². The molecule has 0 saturated heterocycles. The van der Waals surface area contributed by atoms with Crippen LogP contribution >= 0.6 is 11.6 Å². The van der Waals surface area contributed by atoms with Gasteiger partial charge in [0.2, 0.25) is 0 Å². The topological polar surface area (TPSA) is 70.2 Å². The van der Waals surface area contributed by atoms with Gasteiger partial charge in [0.05, 0.1) is 11.4 Å². The van der Waals surface area contributed by atoms with E-state index in [4.69, 9.17) is 16.7 Å². The fraction of sp³-hybridized carbons (Fsp3) is 0.0909. The molecule has 0 fully saturated rings. The minimum atomic E-state index is -1.06. The molecule has 82 valence electrons. The van der Waals surface area contributed by atoms with Crippen LogP contribution in [0.3, 0.4) is 0 Å². The van der Waals surface area contributed by atoms with Crippen molar-refractivity contribution in [2.75, 3.05) is 5.88 Å². The lowest BCUT2D eigenvalue weighted by atomic mass is 10.0. The Balaban J connectivity index is 2.77. The summed E-state index contributed by atoms with van der Waals surface area (Å²) in [4.78, 5) is 25.4. The molecule has 1 heterocycles. The molecule has 0 atom stereocenters. The van der Waals surface area contributed by atoms with E-state index in [0.717, 1.165) is 0 Å². The van der Waals surface area contributed by atoms with E-state index >= 15 is 0 Å². The number of hydrogen-bond acceptors (Lipinski definition) is 2. The van der Waals surface area contributed by atoms with Crippen LogP contribution in [0.4, 0.5) is 0 Å². The Morgan fingerprint density at radius 1 is 1.31 bits per heavy atom. The van der Waals surface area contributed by atoms with Crippen molar-refractivity contribution in [1.82, 2.24) is 4.98 Å². The number of carboxylic acids is 1. The lowest BCUT2D eigenvalue weighted by Gasteiger charge is -1.99. The van der Waals surface area contributed by atoms with E-state index in [2.05, 4.69) is 4.98 Å². The highest BCUT2D eigenvalue weighted by molar-refractivity contribution is 6.32. The van der Waals surface area contributed by atoms with Gasteiger partial charge in [-0.2, -0.15) is 0 Å². The van der Waals surface area contributed by atoms with Crippen molar-refractivity contribution in [1.29, 1.82) is 0 Å². The van der Waals surface area contributed by atoms with Crippen molar-refractivity contribution in [3.05, 3.63) is 35.5 Å². The maximum Gasteiger partial charge on any atom is 0.336 e. The monoisotopic (exact) mass is 237 g/mol. The molecule has 2 N–H and O–H groups in total. The normalized spacial score (nSPS) is 10.6. The Morgan fingerprint density at radius 3 is 2.69 bits per heavy atom. The number of fused-ring (bicyclic) bond motifs is 1. The second-order valence-corrected chi connectivity index (χ2v) is 3.56. The minimum absolute atomic E-state index is 0.104. The molecular weight excluding hydrogens is 230 g/mol. The van der Waals surface area contributed by atoms with Crippen molar-refractivity contribution < 1.29 is 14.7 Å². The van der Waals surface area contributed by atoms with E-state index in [1.807, 2.05) is 0 Å². The van der Waals surface area contributed by atoms with Gasteiger partial charge in [0.1, 0.15) is 0 Å². The summed E-state index contributed by atoms with van der Waals surface area (Å²) >= 11 is 5.46. The van der Waals surface area contributed by atoms with Crippen LogP contribution in [0.2, 0.25) is 0 Å². The van der Waals surface area contributed by atoms with E-state index in [0.29, 0.717) is 16.5 Å². The first-order valence-corrected chi connectivity index (χ1v) is 5.11. The number of aromatic nitrogens is 1. The first kappa shape index (κ1) is 10.7. The lowest BCUT2D eigenvalue weighted by molar-refractivity contribution is 0.0699. The van der Waals surface area contributed by atoms with Crippen LogP contribution in [0.1, 0.15) is 20.7 Å². The molecule has 16 heavy (non-hydrogen) atoms. The summed E-state index contributed by atoms with van der Waals surface area (Å²) in [5.41, 5.74) is 1.04. The summed E-state index contributed by atoms with van der Waals surface area (Å²) < 4.78 is 0. The predicted molar refractivity (Wildman–Crippen MR) is 60.3 cm³/mol. The molecule has 0 aliphatic rings. The summed E-state index contributed by atoms with van der Waals surface area (Å²) in [7, 11) is 0. The molecule has 2 aromatic rings. The van der Waals surface area contributed by atoms with Gasteiger partial charge in [0, 0.05) is 22.7 Å². The molecule has 1 aromatic heterocycles. The Morgan fingerprint density at radius 2 is 2.06 bits per heavy atom. The van der Waals surface area contributed by atoms with Crippen LogP contribution in [0.5, 0.6) is 0 Å². The number of carbonyl (C=O) groups excluding carboxylic acids is 1. The molecule has 0 bridgehead atoms. The van der Waals surface area contributed by atoms with Gasteiger partial charge in [-0.15, -0.1) is 11.6 Å². The number of benzene rings is 1. The van der Waals surface area contributed by atoms with Gasteiger partial charge >= 0.3 is 5.97 Å². The number of Topliss-reactive ketones (excluding diaryl/α,β-unsaturated/α-hetero) is 1. The minimum Gasteiger partial charge on any atom is -0.478 e. The number of carboxylic acid groups (broad SMARTS) is 1. The molecule has 0 amide bonds. The highest BCUT2D eigenvalue weighted by Crippen LogP contribution is 2.23. The van der Waals surface area contributed by atoms with Gasteiger partial charge in [-0.3, -0.25) is 4.79 Å². The summed E-state index contributed by atoms with van der Waals surface area (Å²) in [6.07, 6.45) is 1.49. The Bertz CT molecular complexity index is 574. The number of halogens is 1. The molecule has 0 saturated carbocycles. The summed E-state index contributed by atoms with van der Waals surface area (Å²) in [5.74, 6) is -1.52.